The van der Waals surface area contributed by atoms with Crippen molar-refractivity contribution in [1.82, 2.24) is 30.0 Å². The summed E-state index contributed by atoms with van der Waals surface area (Å²) < 4.78 is 12.7. The van der Waals surface area contributed by atoms with Crippen molar-refractivity contribution >= 4 is 27.9 Å². The van der Waals surface area contributed by atoms with Crippen molar-refractivity contribution in [3.8, 4) is 44.8 Å². The molecule has 0 bridgehead atoms. The lowest BCUT2D eigenvalue weighted by Gasteiger charge is -2.10. The predicted molar refractivity (Wildman–Crippen MR) is 115 cm³/mol. The summed E-state index contributed by atoms with van der Waals surface area (Å²) in [5.74, 6) is 1.91. The third kappa shape index (κ3) is 3.08. The van der Waals surface area contributed by atoms with Crippen LogP contribution in [0.3, 0.4) is 0 Å². The van der Waals surface area contributed by atoms with Gasteiger partial charge in [-0.25, -0.2) is 0 Å². The van der Waals surface area contributed by atoms with E-state index in [0.717, 1.165) is 16.8 Å². The van der Waals surface area contributed by atoms with Gasteiger partial charge in [0.15, 0.2) is 5.01 Å². The summed E-state index contributed by atoms with van der Waals surface area (Å²) in [7, 11) is 3.24. The van der Waals surface area contributed by atoms with Gasteiger partial charge < -0.3 is 9.47 Å². The fourth-order valence-electron chi connectivity index (χ4n) is 3.15. The van der Waals surface area contributed by atoms with Gasteiger partial charge in [-0.05, 0) is 30.3 Å². The van der Waals surface area contributed by atoms with E-state index in [9.17, 15) is 0 Å². The lowest BCUT2D eigenvalue weighted by atomic mass is 10.1. The van der Waals surface area contributed by atoms with Crippen LogP contribution in [0.25, 0.3) is 38.3 Å². The SMILES string of the molecule is COc1cccc(OC)c1-c1nn2c(-c3cc(-c4ccc(Cl)cc4)n[nH]3)nnc2s1. The molecule has 0 atom stereocenters. The highest BCUT2D eigenvalue weighted by molar-refractivity contribution is 7.19. The maximum absolute atomic E-state index is 5.97. The van der Waals surface area contributed by atoms with Crippen LogP contribution >= 0.6 is 22.9 Å². The maximum atomic E-state index is 5.97. The second-order valence-electron chi connectivity index (χ2n) is 6.34. The Morgan fingerprint density at radius 1 is 1.00 bits per heavy atom. The molecular formula is C20H15ClN6O2S. The van der Waals surface area contributed by atoms with Crippen LogP contribution < -0.4 is 9.47 Å². The van der Waals surface area contributed by atoms with Gasteiger partial charge >= 0.3 is 0 Å². The topological polar surface area (TPSA) is 90.2 Å². The molecule has 30 heavy (non-hydrogen) atoms. The van der Waals surface area contributed by atoms with E-state index in [1.807, 2.05) is 48.5 Å². The van der Waals surface area contributed by atoms with Crippen LogP contribution in [0.2, 0.25) is 5.02 Å². The number of hydrogen-bond donors (Lipinski definition) is 1. The standard InChI is InChI=1S/C20H15ClN6O2S/c1-28-15-4-3-5-16(29-2)17(15)19-26-27-18(24-25-20(27)30-19)14-10-13(22-23-14)11-6-8-12(21)9-7-11/h3-10H,1-2H3,(H,22,23). The van der Waals surface area contributed by atoms with Crippen LogP contribution in [-0.2, 0) is 0 Å². The van der Waals surface area contributed by atoms with Crippen LogP contribution in [0, 0.1) is 0 Å². The molecule has 8 nitrogen and oxygen atoms in total. The molecule has 0 radical (unpaired) electrons. The van der Waals surface area contributed by atoms with E-state index in [4.69, 9.17) is 26.2 Å². The lowest BCUT2D eigenvalue weighted by molar-refractivity contribution is 0.397. The fourth-order valence-corrected chi connectivity index (χ4v) is 4.17. The molecule has 0 saturated carbocycles. The molecule has 0 aliphatic rings. The highest BCUT2D eigenvalue weighted by Crippen LogP contribution is 2.40. The van der Waals surface area contributed by atoms with Gasteiger partial charge in [-0.15, -0.1) is 10.2 Å². The third-order valence-electron chi connectivity index (χ3n) is 4.59. The molecule has 5 aromatic rings. The molecule has 0 fully saturated rings. The minimum Gasteiger partial charge on any atom is -0.496 e. The molecule has 0 saturated heterocycles. The average molecular weight is 439 g/mol. The van der Waals surface area contributed by atoms with Crippen LogP contribution in [0.5, 0.6) is 11.5 Å². The number of ether oxygens (including phenoxy) is 2. The number of halogens is 1. The Morgan fingerprint density at radius 3 is 2.43 bits per heavy atom. The van der Waals surface area contributed by atoms with Gasteiger partial charge in [-0.3, -0.25) is 5.10 Å². The van der Waals surface area contributed by atoms with Gasteiger partial charge in [0.1, 0.15) is 17.2 Å². The molecule has 0 unspecified atom stereocenters. The molecule has 10 heteroatoms. The number of hydrogen-bond acceptors (Lipinski definition) is 7. The van der Waals surface area contributed by atoms with E-state index in [0.29, 0.717) is 38.0 Å². The number of nitrogens with zero attached hydrogens (tertiary/aromatic N) is 5. The maximum Gasteiger partial charge on any atom is 0.235 e. The second kappa shape index (κ2) is 7.43. The van der Waals surface area contributed by atoms with Gasteiger partial charge in [0.2, 0.25) is 10.8 Å². The monoisotopic (exact) mass is 438 g/mol. The molecule has 0 aliphatic carbocycles. The number of methoxy groups -OCH3 is 2. The molecule has 0 amide bonds. The smallest absolute Gasteiger partial charge is 0.235 e. The second-order valence-corrected chi connectivity index (χ2v) is 7.73. The molecule has 5 rings (SSSR count). The van der Waals surface area contributed by atoms with E-state index < -0.39 is 0 Å². The predicted octanol–water partition coefficient (Wildman–Crippen LogP) is 4.58. The van der Waals surface area contributed by atoms with Crippen LogP contribution in [0.4, 0.5) is 0 Å². The summed E-state index contributed by atoms with van der Waals surface area (Å²) >= 11 is 7.37. The number of aromatic amines is 1. The number of H-pyrrole nitrogens is 1. The molecule has 3 aromatic heterocycles. The minimum atomic E-state index is 0.564. The zero-order chi connectivity index (χ0) is 20.7. The van der Waals surface area contributed by atoms with Crippen molar-refractivity contribution in [3.05, 3.63) is 53.6 Å². The molecule has 2 aromatic carbocycles. The number of nitrogens with one attached hydrogen (secondary N) is 1. The normalized spacial score (nSPS) is 11.2. The molecular weight excluding hydrogens is 424 g/mol. The Balaban J connectivity index is 1.58. The minimum absolute atomic E-state index is 0.564. The van der Waals surface area contributed by atoms with Gasteiger partial charge in [0.05, 0.1) is 25.5 Å². The van der Waals surface area contributed by atoms with Crippen molar-refractivity contribution in [1.29, 1.82) is 0 Å². The van der Waals surface area contributed by atoms with E-state index in [-0.39, 0.29) is 0 Å². The number of benzene rings is 2. The summed E-state index contributed by atoms with van der Waals surface area (Å²) in [6.07, 6.45) is 0. The molecule has 150 valence electrons. The molecule has 0 aliphatic heterocycles. The highest BCUT2D eigenvalue weighted by Gasteiger charge is 2.21. The lowest BCUT2D eigenvalue weighted by Crippen LogP contribution is -1.95. The first kappa shape index (κ1) is 18.6. The summed E-state index contributed by atoms with van der Waals surface area (Å²) in [4.78, 5) is 0.649. The number of fused-ring (bicyclic) bond motifs is 1. The Hall–Kier alpha value is -3.43. The first-order valence-electron chi connectivity index (χ1n) is 8.93. The Bertz CT molecular complexity index is 1320. The zero-order valence-electron chi connectivity index (χ0n) is 16.0. The van der Waals surface area contributed by atoms with Crippen molar-refractivity contribution in [2.45, 2.75) is 0 Å². The first-order chi connectivity index (χ1) is 14.7. The number of rotatable bonds is 5. The van der Waals surface area contributed by atoms with Gasteiger partial charge in [0, 0.05) is 10.6 Å². The van der Waals surface area contributed by atoms with Crippen LogP contribution in [-0.4, -0.2) is 44.2 Å². The Morgan fingerprint density at radius 2 is 1.73 bits per heavy atom. The summed E-state index contributed by atoms with van der Waals surface area (Å²) in [6.45, 7) is 0. The Labute approximate surface area is 180 Å². The summed E-state index contributed by atoms with van der Waals surface area (Å²) in [5.41, 5.74) is 3.20. The average Bonchev–Trinajstić information content (AvgIpc) is 3.49. The highest BCUT2D eigenvalue weighted by atomic mass is 35.5. The quantitative estimate of drug-likeness (QED) is 0.432. The van der Waals surface area contributed by atoms with Crippen molar-refractivity contribution in [3.63, 3.8) is 0 Å². The molecule has 1 N–H and O–H groups in total. The molecule has 3 heterocycles. The van der Waals surface area contributed by atoms with Crippen LogP contribution in [0.15, 0.2) is 48.5 Å². The third-order valence-corrected chi connectivity index (χ3v) is 5.76. The number of aromatic nitrogens is 6. The summed E-state index contributed by atoms with van der Waals surface area (Å²) in [5, 5.41) is 22.0. The van der Waals surface area contributed by atoms with E-state index >= 15 is 0 Å². The van der Waals surface area contributed by atoms with Crippen molar-refractivity contribution < 1.29 is 9.47 Å². The first-order valence-corrected chi connectivity index (χ1v) is 10.1. The van der Waals surface area contributed by atoms with Crippen molar-refractivity contribution in [2.75, 3.05) is 14.2 Å². The van der Waals surface area contributed by atoms with Gasteiger partial charge in [0.25, 0.3) is 0 Å². The summed E-state index contributed by atoms with van der Waals surface area (Å²) in [6, 6.07) is 15.0. The van der Waals surface area contributed by atoms with E-state index in [2.05, 4.69) is 20.4 Å². The van der Waals surface area contributed by atoms with Gasteiger partial charge in [-0.2, -0.15) is 14.7 Å². The molecule has 0 spiro atoms. The van der Waals surface area contributed by atoms with Gasteiger partial charge in [-0.1, -0.05) is 41.1 Å². The van der Waals surface area contributed by atoms with Crippen LogP contribution in [0.1, 0.15) is 0 Å². The van der Waals surface area contributed by atoms with E-state index in [1.54, 1.807) is 18.7 Å². The fraction of sp³-hybridized carbons (Fsp3) is 0.100. The zero-order valence-corrected chi connectivity index (χ0v) is 17.5. The largest absolute Gasteiger partial charge is 0.496 e. The van der Waals surface area contributed by atoms with Crippen molar-refractivity contribution in [2.24, 2.45) is 0 Å². The Kier molecular flexibility index (Phi) is 4.61. The van der Waals surface area contributed by atoms with E-state index in [1.165, 1.54) is 11.3 Å².